The molecule has 2 aliphatic rings. The minimum Gasteiger partial charge on any atom is -0.446 e. The number of hydrogen-bond donors (Lipinski definition) is 3. The first-order valence-electron chi connectivity index (χ1n) is 9.59. The van der Waals surface area contributed by atoms with Gasteiger partial charge in [0.05, 0.1) is 0 Å². The highest BCUT2D eigenvalue weighted by molar-refractivity contribution is 5.93. The lowest BCUT2D eigenvalue weighted by atomic mass is 10.0. The molecule has 1 aromatic rings. The zero-order valence-electron chi connectivity index (χ0n) is 16.5. The third kappa shape index (κ3) is 5.45. The molecule has 0 bridgehead atoms. The maximum absolute atomic E-state index is 12.2. The van der Waals surface area contributed by atoms with Crippen LogP contribution in [-0.2, 0) is 14.3 Å². The topological polar surface area (TPSA) is 105 Å². The van der Waals surface area contributed by atoms with E-state index in [1.807, 2.05) is 26.8 Å². The predicted molar refractivity (Wildman–Crippen MR) is 100 cm³/mol. The maximum Gasteiger partial charge on any atom is 0.407 e. The summed E-state index contributed by atoms with van der Waals surface area (Å²) in [7, 11) is 1.65. The van der Waals surface area contributed by atoms with Gasteiger partial charge in [-0.15, -0.1) is 0 Å². The van der Waals surface area contributed by atoms with E-state index in [4.69, 9.17) is 9.47 Å². The van der Waals surface area contributed by atoms with Crippen molar-refractivity contribution in [1.29, 1.82) is 0 Å². The zero-order valence-corrected chi connectivity index (χ0v) is 16.5. The molecule has 27 heavy (non-hydrogen) atoms. The van der Waals surface area contributed by atoms with Gasteiger partial charge in [-0.3, -0.25) is 9.89 Å². The minimum absolute atomic E-state index is 0.00147. The molecule has 0 radical (unpaired) electrons. The summed E-state index contributed by atoms with van der Waals surface area (Å²) >= 11 is 0. The van der Waals surface area contributed by atoms with Crippen LogP contribution in [-0.4, -0.2) is 47.6 Å². The van der Waals surface area contributed by atoms with Crippen molar-refractivity contribution < 1.29 is 19.1 Å². The molecule has 1 heterocycles. The molecule has 3 N–H and O–H groups in total. The first kappa shape index (κ1) is 19.7. The van der Waals surface area contributed by atoms with Crippen molar-refractivity contribution in [3.05, 3.63) is 11.8 Å². The van der Waals surface area contributed by atoms with Crippen LogP contribution in [0.25, 0.3) is 0 Å². The van der Waals surface area contributed by atoms with Gasteiger partial charge in [0.2, 0.25) is 5.91 Å². The Morgan fingerprint density at radius 2 is 2.07 bits per heavy atom. The molecule has 0 aliphatic heterocycles. The van der Waals surface area contributed by atoms with Crippen LogP contribution in [0, 0.1) is 11.8 Å². The average Bonchev–Trinajstić information content (AvgIpc) is 2.96. The number of rotatable bonds is 6. The Morgan fingerprint density at radius 1 is 1.30 bits per heavy atom. The van der Waals surface area contributed by atoms with Crippen LogP contribution in [0.2, 0.25) is 0 Å². The second-order valence-corrected chi connectivity index (χ2v) is 8.67. The quantitative estimate of drug-likeness (QED) is 0.706. The van der Waals surface area contributed by atoms with Crippen LogP contribution >= 0.6 is 0 Å². The molecule has 150 valence electrons. The van der Waals surface area contributed by atoms with E-state index in [0.717, 1.165) is 31.4 Å². The molecule has 8 nitrogen and oxygen atoms in total. The number of alkyl carbamates (subject to hydrolysis) is 1. The Hall–Kier alpha value is -2.09. The van der Waals surface area contributed by atoms with Gasteiger partial charge in [-0.25, -0.2) is 4.79 Å². The smallest absolute Gasteiger partial charge is 0.407 e. The van der Waals surface area contributed by atoms with Gasteiger partial charge in [-0.05, 0) is 52.4 Å². The molecular weight excluding hydrogens is 348 g/mol. The van der Waals surface area contributed by atoms with Gasteiger partial charge in [0.15, 0.2) is 5.82 Å². The van der Waals surface area contributed by atoms with E-state index in [-0.39, 0.29) is 35.5 Å². The van der Waals surface area contributed by atoms with E-state index in [1.54, 1.807) is 7.11 Å². The Kier molecular flexibility index (Phi) is 5.74. The van der Waals surface area contributed by atoms with Crippen molar-refractivity contribution in [2.45, 2.75) is 64.0 Å². The molecule has 3 rings (SSSR count). The van der Waals surface area contributed by atoms with E-state index >= 15 is 0 Å². The Balaban J connectivity index is 1.46. The molecule has 2 saturated carbocycles. The summed E-state index contributed by atoms with van der Waals surface area (Å²) in [6.07, 6.45) is 2.90. The number of amides is 2. The predicted octanol–water partition coefficient (Wildman–Crippen LogP) is 2.79. The van der Waals surface area contributed by atoms with Gasteiger partial charge in [0, 0.05) is 42.9 Å². The van der Waals surface area contributed by atoms with Crippen molar-refractivity contribution in [2.75, 3.05) is 19.0 Å². The van der Waals surface area contributed by atoms with Gasteiger partial charge in [0.25, 0.3) is 0 Å². The number of H-pyrrole nitrogens is 1. The van der Waals surface area contributed by atoms with E-state index in [2.05, 4.69) is 20.8 Å². The van der Waals surface area contributed by atoms with Crippen LogP contribution in [0.1, 0.15) is 58.1 Å². The minimum atomic E-state index is -0.374. The normalized spacial score (nSPS) is 27.3. The molecule has 1 aromatic heterocycles. The highest BCUT2D eigenvalue weighted by atomic mass is 16.6. The van der Waals surface area contributed by atoms with Crippen LogP contribution < -0.4 is 10.6 Å². The van der Waals surface area contributed by atoms with Gasteiger partial charge in [-0.1, -0.05) is 0 Å². The monoisotopic (exact) mass is 378 g/mol. The molecule has 2 fully saturated rings. The number of aromatic nitrogens is 2. The second-order valence-electron chi connectivity index (χ2n) is 8.67. The van der Waals surface area contributed by atoms with Crippen LogP contribution in [0.3, 0.4) is 0 Å². The lowest BCUT2D eigenvalue weighted by molar-refractivity contribution is -0.117. The molecule has 2 amide bonds. The van der Waals surface area contributed by atoms with Crippen LogP contribution in [0.15, 0.2) is 6.07 Å². The van der Waals surface area contributed by atoms with Crippen LogP contribution in [0.5, 0.6) is 0 Å². The number of nitrogens with one attached hydrogen (secondary N) is 3. The fraction of sp³-hybridized carbons (Fsp3) is 0.737. The maximum atomic E-state index is 12.2. The summed E-state index contributed by atoms with van der Waals surface area (Å²) in [6.45, 7) is 6.39. The summed E-state index contributed by atoms with van der Waals surface area (Å²) < 4.78 is 10.6. The Labute approximate surface area is 159 Å². The van der Waals surface area contributed by atoms with E-state index in [0.29, 0.717) is 18.3 Å². The molecule has 0 saturated heterocycles. The number of carbonyl (C=O) groups is 2. The third-order valence-electron chi connectivity index (χ3n) is 5.06. The fourth-order valence-electron chi connectivity index (χ4n) is 3.61. The average molecular weight is 378 g/mol. The number of ether oxygens (including phenoxy) is 2. The van der Waals surface area contributed by atoms with Gasteiger partial charge in [-0.2, -0.15) is 5.10 Å². The van der Waals surface area contributed by atoms with Gasteiger partial charge < -0.3 is 20.1 Å². The van der Waals surface area contributed by atoms with E-state index in [1.165, 1.54) is 0 Å². The highest BCUT2D eigenvalue weighted by Crippen LogP contribution is 2.40. The summed E-state index contributed by atoms with van der Waals surface area (Å²) in [5.41, 5.74) is 0.659. The number of aromatic amines is 1. The van der Waals surface area contributed by atoms with Crippen molar-refractivity contribution in [1.82, 2.24) is 15.5 Å². The number of methoxy groups -OCH3 is 1. The summed E-state index contributed by atoms with van der Waals surface area (Å²) in [4.78, 5) is 24.1. The summed E-state index contributed by atoms with van der Waals surface area (Å²) in [5.74, 6) is 1.14. The largest absolute Gasteiger partial charge is 0.446 e. The highest BCUT2D eigenvalue weighted by Gasteiger charge is 2.43. The Morgan fingerprint density at radius 3 is 2.78 bits per heavy atom. The van der Waals surface area contributed by atoms with Crippen molar-refractivity contribution >= 4 is 17.8 Å². The first-order chi connectivity index (χ1) is 12.7. The van der Waals surface area contributed by atoms with Crippen molar-refractivity contribution in [3.8, 4) is 0 Å². The molecule has 2 aliphatic carbocycles. The van der Waals surface area contributed by atoms with Crippen molar-refractivity contribution in [2.24, 2.45) is 11.8 Å². The van der Waals surface area contributed by atoms with Crippen LogP contribution in [0.4, 0.5) is 10.6 Å². The molecule has 0 aromatic carbocycles. The summed E-state index contributed by atoms with van der Waals surface area (Å²) in [6, 6.07) is 1.88. The third-order valence-corrected chi connectivity index (χ3v) is 5.06. The fourth-order valence-corrected chi connectivity index (χ4v) is 3.61. The molecule has 0 unspecified atom stereocenters. The lowest BCUT2D eigenvalue weighted by Crippen LogP contribution is -2.42. The zero-order chi connectivity index (χ0) is 19.6. The molecular formula is C19H30N4O4. The van der Waals surface area contributed by atoms with E-state index in [9.17, 15) is 9.59 Å². The molecule has 0 spiro atoms. The first-order valence-corrected chi connectivity index (χ1v) is 9.59. The SMILES string of the molecule is COC[C@H]1C[C@@H]1C(=O)Nc1cc([C@H]2CC[C@@H](OC(=O)NC(C)(C)C)C2)[nH]n1. The molecule has 4 atom stereocenters. The Bertz CT molecular complexity index is 681. The van der Waals surface area contributed by atoms with Gasteiger partial charge >= 0.3 is 6.09 Å². The lowest BCUT2D eigenvalue weighted by Gasteiger charge is -2.22. The number of anilines is 1. The second kappa shape index (κ2) is 7.88. The van der Waals surface area contributed by atoms with E-state index < -0.39 is 0 Å². The molecule has 8 heteroatoms. The van der Waals surface area contributed by atoms with Gasteiger partial charge in [0.1, 0.15) is 6.10 Å². The standard InChI is InChI=1S/C19H30N4O4/c1-19(2,3)21-18(25)27-13-6-5-11(7-13)15-9-16(23-22-15)20-17(24)14-8-12(14)10-26-4/h9,11-14H,5-8,10H2,1-4H3,(H,21,25)(H2,20,22,23,24)/t11-,12+,13+,14-/m0/s1. The number of nitrogens with zero attached hydrogens (tertiary/aromatic N) is 1. The summed E-state index contributed by atoms with van der Waals surface area (Å²) in [5, 5.41) is 12.9. The van der Waals surface area contributed by atoms with Crippen molar-refractivity contribution in [3.63, 3.8) is 0 Å². The number of hydrogen-bond acceptors (Lipinski definition) is 5. The number of carbonyl (C=O) groups excluding carboxylic acids is 2.